The van der Waals surface area contributed by atoms with Crippen LogP contribution in [0.25, 0.3) is 0 Å². The van der Waals surface area contributed by atoms with Crippen LogP contribution in [0, 0.1) is 6.92 Å². The highest BCUT2D eigenvalue weighted by Gasteiger charge is 2.30. The molecular weight excluding hydrogens is 306 g/mol. The summed E-state index contributed by atoms with van der Waals surface area (Å²) in [6, 6.07) is 5.91. The van der Waals surface area contributed by atoms with Gasteiger partial charge in [0.1, 0.15) is 6.04 Å². The lowest BCUT2D eigenvalue weighted by atomic mass is 10.1. The molecule has 0 saturated carbocycles. The molecule has 1 fully saturated rings. The topological polar surface area (TPSA) is 49.6 Å². The molecule has 1 aliphatic rings. The third-order valence-electron chi connectivity index (χ3n) is 3.63. The highest BCUT2D eigenvalue weighted by atomic mass is 79.9. The summed E-state index contributed by atoms with van der Waals surface area (Å²) >= 11 is 3.50. The van der Waals surface area contributed by atoms with E-state index in [1.807, 2.05) is 19.2 Å². The fourth-order valence-corrected chi connectivity index (χ4v) is 2.72. The monoisotopic (exact) mass is 325 g/mol. The minimum Gasteiger partial charge on any atom is -0.358 e. The van der Waals surface area contributed by atoms with E-state index in [0.29, 0.717) is 6.54 Å². The van der Waals surface area contributed by atoms with E-state index in [9.17, 15) is 4.79 Å². The maximum atomic E-state index is 12.3. The van der Waals surface area contributed by atoms with Gasteiger partial charge in [0.15, 0.2) is 0 Å². The van der Waals surface area contributed by atoms with E-state index < -0.39 is 0 Å². The number of hydrogen-bond acceptors (Lipinski definition) is 3. The summed E-state index contributed by atoms with van der Waals surface area (Å²) in [4.78, 5) is 16.2. The van der Waals surface area contributed by atoms with Gasteiger partial charge in [-0.15, -0.1) is 0 Å². The van der Waals surface area contributed by atoms with E-state index in [4.69, 9.17) is 5.73 Å². The predicted octanol–water partition coefficient (Wildman–Crippen LogP) is 1.75. The zero-order valence-corrected chi connectivity index (χ0v) is 13.0. The highest BCUT2D eigenvalue weighted by molar-refractivity contribution is 9.10. The number of nitrogens with two attached hydrogens (primary N) is 1. The lowest BCUT2D eigenvalue weighted by molar-refractivity contribution is -0.130. The van der Waals surface area contributed by atoms with Gasteiger partial charge in [0.2, 0.25) is 5.91 Å². The van der Waals surface area contributed by atoms with Crippen molar-refractivity contribution in [3.05, 3.63) is 28.2 Å². The first-order chi connectivity index (χ1) is 9.04. The normalized spacial score (nSPS) is 20.6. The molecule has 1 aromatic rings. The second kappa shape index (κ2) is 5.92. The van der Waals surface area contributed by atoms with Crippen LogP contribution in [0.3, 0.4) is 0 Å². The van der Waals surface area contributed by atoms with Crippen molar-refractivity contribution in [3.63, 3.8) is 0 Å². The van der Waals surface area contributed by atoms with E-state index in [1.54, 1.807) is 4.90 Å². The molecule has 1 aliphatic heterocycles. The first-order valence-corrected chi connectivity index (χ1v) is 7.31. The van der Waals surface area contributed by atoms with Crippen molar-refractivity contribution in [2.24, 2.45) is 5.73 Å². The van der Waals surface area contributed by atoms with Crippen molar-refractivity contribution in [1.29, 1.82) is 0 Å². The summed E-state index contributed by atoms with van der Waals surface area (Å²) in [5, 5.41) is 0. The average molecular weight is 326 g/mol. The number of rotatable bonds is 2. The van der Waals surface area contributed by atoms with Crippen LogP contribution < -0.4 is 10.6 Å². The lowest BCUT2D eigenvalue weighted by Crippen LogP contribution is -2.49. The van der Waals surface area contributed by atoms with Gasteiger partial charge in [-0.2, -0.15) is 0 Å². The molecule has 0 aromatic heterocycles. The van der Waals surface area contributed by atoms with Crippen LogP contribution in [0.2, 0.25) is 0 Å². The number of anilines is 1. The number of hydrogen-bond donors (Lipinski definition) is 1. The van der Waals surface area contributed by atoms with E-state index >= 15 is 0 Å². The van der Waals surface area contributed by atoms with Crippen LogP contribution in [0.5, 0.6) is 0 Å². The van der Waals surface area contributed by atoms with E-state index in [0.717, 1.165) is 29.7 Å². The Hall–Kier alpha value is -1.07. The standard InChI is InChI=1S/C14H20BrN3O/c1-10-8-11(4-5-12(10)15)18-7-3-6-17(2)14(19)13(18)9-16/h4-5,8,13H,3,6-7,9,16H2,1-2H3. The molecule has 104 valence electrons. The first kappa shape index (κ1) is 14.3. The average Bonchev–Trinajstić information content (AvgIpc) is 2.53. The van der Waals surface area contributed by atoms with Crippen LogP contribution in [-0.2, 0) is 4.79 Å². The number of carbonyl (C=O) groups is 1. The van der Waals surface area contributed by atoms with Gasteiger partial charge in [0.05, 0.1) is 0 Å². The van der Waals surface area contributed by atoms with E-state index in [-0.39, 0.29) is 11.9 Å². The molecule has 1 heterocycles. The summed E-state index contributed by atoms with van der Waals surface area (Å²) in [5.74, 6) is 0.112. The molecule has 19 heavy (non-hydrogen) atoms. The Morgan fingerprint density at radius 1 is 1.42 bits per heavy atom. The summed E-state index contributed by atoms with van der Waals surface area (Å²) in [7, 11) is 1.85. The number of likely N-dealkylation sites (N-methyl/N-ethyl adjacent to an activating group) is 1. The zero-order chi connectivity index (χ0) is 14.0. The molecule has 1 amide bonds. The molecule has 2 N–H and O–H groups in total. The lowest BCUT2D eigenvalue weighted by Gasteiger charge is -2.31. The van der Waals surface area contributed by atoms with E-state index in [2.05, 4.69) is 33.8 Å². The molecule has 1 saturated heterocycles. The minimum atomic E-state index is -0.256. The Bertz CT molecular complexity index is 478. The summed E-state index contributed by atoms with van der Waals surface area (Å²) < 4.78 is 1.08. The summed E-state index contributed by atoms with van der Waals surface area (Å²) in [6.45, 7) is 4.05. The summed E-state index contributed by atoms with van der Waals surface area (Å²) in [6.07, 6.45) is 0.966. The van der Waals surface area contributed by atoms with Gasteiger partial charge in [0.25, 0.3) is 0 Å². The maximum Gasteiger partial charge on any atom is 0.246 e. The maximum absolute atomic E-state index is 12.3. The number of nitrogens with zero attached hydrogens (tertiary/aromatic N) is 2. The second-order valence-electron chi connectivity index (χ2n) is 4.99. The number of benzene rings is 1. The van der Waals surface area contributed by atoms with Gasteiger partial charge in [-0.1, -0.05) is 15.9 Å². The molecule has 5 heteroatoms. The SMILES string of the molecule is Cc1cc(N2CCCN(C)C(=O)C2CN)ccc1Br. The molecule has 0 spiro atoms. The fraction of sp³-hybridized carbons (Fsp3) is 0.500. The third-order valence-corrected chi connectivity index (χ3v) is 4.52. The van der Waals surface area contributed by atoms with Gasteiger partial charge in [-0.3, -0.25) is 4.79 Å². The Labute approximate surface area is 122 Å². The van der Waals surface area contributed by atoms with Gasteiger partial charge in [-0.25, -0.2) is 0 Å². The number of carbonyl (C=O) groups excluding carboxylic acids is 1. The van der Waals surface area contributed by atoms with Gasteiger partial charge >= 0.3 is 0 Å². The molecule has 1 aromatic carbocycles. The van der Waals surface area contributed by atoms with Gasteiger partial charge < -0.3 is 15.5 Å². The summed E-state index contributed by atoms with van der Waals surface area (Å²) in [5.41, 5.74) is 8.06. The molecule has 0 bridgehead atoms. The van der Waals surface area contributed by atoms with Crippen molar-refractivity contribution in [1.82, 2.24) is 4.90 Å². The van der Waals surface area contributed by atoms with Crippen LogP contribution in [0.4, 0.5) is 5.69 Å². The van der Waals surface area contributed by atoms with Crippen LogP contribution in [0.15, 0.2) is 22.7 Å². The number of halogens is 1. The number of amides is 1. The van der Waals surface area contributed by atoms with E-state index in [1.165, 1.54) is 5.56 Å². The molecule has 2 rings (SSSR count). The van der Waals surface area contributed by atoms with Crippen molar-refractivity contribution >= 4 is 27.5 Å². The smallest absolute Gasteiger partial charge is 0.246 e. The molecule has 1 unspecified atom stereocenters. The number of aryl methyl sites for hydroxylation is 1. The quantitative estimate of drug-likeness (QED) is 0.901. The largest absolute Gasteiger partial charge is 0.358 e. The highest BCUT2D eigenvalue weighted by Crippen LogP contribution is 2.25. The zero-order valence-electron chi connectivity index (χ0n) is 11.4. The van der Waals surface area contributed by atoms with Crippen LogP contribution in [-0.4, -0.2) is 43.5 Å². The Kier molecular flexibility index (Phi) is 4.47. The third kappa shape index (κ3) is 2.92. The van der Waals surface area contributed by atoms with Crippen molar-refractivity contribution in [2.45, 2.75) is 19.4 Å². The first-order valence-electron chi connectivity index (χ1n) is 6.52. The second-order valence-corrected chi connectivity index (χ2v) is 5.85. The molecule has 1 atom stereocenters. The molecule has 0 aliphatic carbocycles. The van der Waals surface area contributed by atoms with Gasteiger partial charge in [0, 0.05) is 36.8 Å². The van der Waals surface area contributed by atoms with Crippen LogP contribution >= 0.6 is 15.9 Å². The Morgan fingerprint density at radius 2 is 2.16 bits per heavy atom. The van der Waals surface area contributed by atoms with Crippen molar-refractivity contribution < 1.29 is 4.79 Å². The minimum absolute atomic E-state index is 0.112. The fourth-order valence-electron chi connectivity index (χ4n) is 2.48. The predicted molar refractivity (Wildman–Crippen MR) is 81.3 cm³/mol. The molecule has 0 radical (unpaired) electrons. The van der Waals surface area contributed by atoms with Crippen LogP contribution in [0.1, 0.15) is 12.0 Å². The Morgan fingerprint density at radius 3 is 2.79 bits per heavy atom. The molecule has 4 nitrogen and oxygen atoms in total. The van der Waals surface area contributed by atoms with Crippen molar-refractivity contribution in [2.75, 3.05) is 31.6 Å². The Balaban J connectivity index is 2.34. The van der Waals surface area contributed by atoms with Crippen molar-refractivity contribution in [3.8, 4) is 0 Å². The van der Waals surface area contributed by atoms with Gasteiger partial charge in [-0.05, 0) is 37.1 Å². The molecular formula is C14H20BrN3O.